The summed E-state index contributed by atoms with van der Waals surface area (Å²) in [5, 5.41) is 18.2. The van der Waals surface area contributed by atoms with Gasteiger partial charge in [0.2, 0.25) is 0 Å². The Kier molecular flexibility index (Phi) is 6.78. The third-order valence-corrected chi connectivity index (χ3v) is 4.01. The van der Waals surface area contributed by atoms with Gasteiger partial charge < -0.3 is 20.0 Å². The molecule has 20 heavy (non-hydrogen) atoms. The predicted molar refractivity (Wildman–Crippen MR) is 75.5 cm³/mol. The van der Waals surface area contributed by atoms with Crippen LogP contribution in [0, 0.1) is 5.92 Å². The molecule has 0 aliphatic carbocycles. The van der Waals surface area contributed by atoms with Crippen molar-refractivity contribution in [1.29, 1.82) is 0 Å². The van der Waals surface area contributed by atoms with E-state index in [0.29, 0.717) is 19.5 Å². The number of aliphatic hydroxyl groups is 1. The van der Waals surface area contributed by atoms with Crippen LogP contribution in [0.15, 0.2) is 0 Å². The summed E-state index contributed by atoms with van der Waals surface area (Å²) in [5.41, 5.74) is 0. The van der Waals surface area contributed by atoms with Crippen LogP contribution in [-0.4, -0.2) is 64.3 Å². The number of aliphatic hydroxyl groups excluding tert-OH is 1. The molecule has 0 saturated carbocycles. The van der Waals surface area contributed by atoms with Gasteiger partial charge in [-0.05, 0) is 25.7 Å². The van der Waals surface area contributed by atoms with E-state index in [-0.39, 0.29) is 25.2 Å². The molecule has 0 spiro atoms. The maximum Gasteiger partial charge on any atom is 0.320 e. The molecule has 116 valence electrons. The van der Waals surface area contributed by atoms with Crippen LogP contribution in [0.5, 0.6) is 0 Å². The summed E-state index contributed by atoms with van der Waals surface area (Å²) in [7, 11) is 0. The number of piperidine rings is 1. The molecule has 6 nitrogen and oxygen atoms in total. The van der Waals surface area contributed by atoms with Crippen molar-refractivity contribution in [2.24, 2.45) is 5.92 Å². The molecule has 1 aliphatic rings. The molecule has 0 aromatic rings. The number of likely N-dealkylation sites (tertiary alicyclic amines) is 1. The van der Waals surface area contributed by atoms with Crippen LogP contribution in [0.2, 0.25) is 0 Å². The van der Waals surface area contributed by atoms with Crippen molar-refractivity contribution >= 4 is 12.0 Å². The Morgan fingerprint density at radius 3 is 2.50 bits per heavy atom. The zero-order valence-electron chi connectivity index (χ0n) is 12.4. The van der Waals surface area contributed by atoms with Gasteiger partial charge in [-0.15, -0.1) is 0 Å². The van der Waals surface area contributed by atoms with Crippen LogP contribution in [0.4, 0.5) is 4.79 Å². The van der Waals surface area contributed by atoms with Crippen molar-refractivity contribution < 1.29 is 19.8 Å². The molecule has 0 unspecified atom stereocenters. The zero-order valence-corrected chi connectivity index (χ0v) is 12.4. The van der Waals surface area contributed by atoms with E-state index in [2.05, 4.69) is 0 Å². The van der Waals surface area contributed by atoms with E-state index < -0.39 is 11.9 Å². The van der Waals surface area contributed by atoms with E-state index >= 15 is 0 Å². The number of carboxylic acids is 1. The van der Waals surface area contributed by atoms with Gasteiger partial charge in [-0.1, -0.05) is 13.8 Å². The Bertz CT molecular complexity index is 331. The fourth-order valence-corrected chi connectivity index (χ4v) is 2.81. The summed E-state index contributed by atoms with van der Waals surface area (Å²) in [6.45, 7) is 5.14. The van der Waals surface area contributed by atoms with Gasteiger partial charge in [-0.25, -0.2) is 4.79 Å². The number of hydrogen-bond donors (Lipinski definition) is 2. The molecule has 2 amide bonds. The monoisotopic (exact) mass is 286 g/mol. The average Bonchev–Trinajstić information content (AvgIpc) is 2.47. The van der Waals surface area contributed by atoms with Crippen LogP contribution in [0.25, 0.3) is 0 Å². The van der Waals surface area contributed by atoms with E-state index in [4.69, 9.17) is 10.2 Å². The second-order valence-corrected chi connectivity index (χ2v) is 5.29. The van der Waals surface area contributed by atoms with Crippen molar-refractivity contribution in [3.05, 3.63) is 0 Å². The minimum absolute atomic E-state index is 0.0710. The van der Waals surface area contributed by atoms with Crippen molar-refractivity contribution in [2.45, 2.75) is 45.6 Å². The van der Waals surface area contributed by atoms with E-state index in [1.165, 1.54) is 0 Å². The van der Waals surface area contributed by atoms with Crippen molar-refractivity contribution in [3.8, 4) is 0 Å². The highest BCUT2D eigenvalue weighted by molar-refractivity contribution is 5.77. The first kappa shape index (κ1) is 16.8. The van der Waals surface area contributed by atoms with Gasteiger partial charge in [0, 0.05) is 25.7 Å². The third-order valence-electron chi connectivity index (χ3n) is 4.01. The van der Waals surface area contributed by atoms with Gasteiger partial charge >= 0.3 is 12.0 Å². The van der Waals surface area contributed by atoms with Gasteiger partial charge in [0.15, 0.2) is 0 Å². The number of carbonyl (C=O) groups excluding carboxylic acids is 1. The number of nitrogens with zero attached hydrogens (tertiary/aromatic N) is 2. The predicted octanol–water partition coefficient (Wildman–Crippen LogP) is 1.39. The van der Waals surface area contributed by atoms with Gasteiger partial charge in [0.05, 0.1) is 12.5 Å². The highest BCUT2D eigenvalue weighted by atomic mass is 16.4. The van der Waals surface area contributed by atoms with E-state index in [9.17, 15) is 9.59 Å². The largest absolute Gasteiger partial charge is 0.481 e. The lowest BCUT2D eigenvalue weighted by atomic mass is 9.98. The number of urea groups is 1. The molecule has 1 aliphatic heterocycles. The van der Waals surface area contributed by atoms with Gasteiger partial charge in [0.1, 0.15) is 0 Å². The smallest absolute Gasteiger partial charge is 0.320 e. The van der Waals surface area contributed by atoms with Gasteiger partial charge in [0.25, 0.3) is 0 Å². The Labute approximate surface area is 120 Å². The quantitative estimate of drug-likeness (QED) is 0.773. The maximum atomic E-state index is 12.6. The topological polar surface area (TPSA) is 81.1 Å². The summed E-state index contributed by atoms with van der Waals surface area (Å²) in [6, 6.07) is -0.0430. The highest BCUT2D eigenvalue weighted by Gasteiger charge is 2.32. The van der Waals surface area contributed by atoms with Crippen LogP contribution in [0.1, 0.15) is 39.5 Å². The first-order chi connectivity index (χ1) is 9.54. The number of amides is 2. The second kappa shape index (κ2) is 8.09. The minimum Gasteiger partial charge on any atom is -0.481 e. The average molecular weight is 286 g/mol. The molecule has 1 atom stereocenters. The van der Waals surface area contributed by atoms with Crippen LogP contribution >= 0.6 is 0 Å². The van der Waals surface area contributed by atoms with Gasteiger partial charge in [-0.2, -0.15) is 0 Å². The number of carbonyl (C=O) groups is 2. The molecular formula is C14H26N2O4. The van der Waals surface area contributed by atoms with Crippen molar-refractivity contribution in [2.75, 3.05) is 26.2 Å². The Morgan fingerprint density at radius 2 is 2.00 bits per heavy atom. The maximum absolute atomic E-state index is 12.6. The van der Waals surface area contributed by atoms with E-state index in [1.54, 1.807) is 9.80 Å². The van der Waals surface area contributed by atoms with E-state index in [1.807, 2.05) is 13.8 Å². The van der Waals surface area contributed by atoms with Crippen LogP contribution in [-0.2, 0) is 4.79 Å². The molecule has 0 bridgehead atoms. The number of carboxylic acid groups (broad SMARTS) is 1. The Hall–Kier alpha value is -1.30. The lowest BCUT2D eigenvalue weighted by Crippen LogP contribution is -2.52. The van der Waals surface area contributed by atoms with Crippen molar-refractivity contribution in [3.63, 3.8) is 0 Å². The second-order valence-electron chi connectivity index (χ2n) is 5.29. The van der Waals surface area contributed by atoms with Crippen molar-refractivity contribution in [1.82, 2.24) is 9.80 Å². The number of rotatable bonds is 6. The number of aliphatic carboxylic acids is 1. The molecule has 1 heterocycles. The Morgan fingerprint density at radius 1 is 1.35 bits per heavy atom. The molecule has 0 aromatic carbocycles. The SMILES string of the molecule is CCC(CC)N(CCO)C(=O)N1CCC[C@H](C(=O)O)C1. The van der Waals surface area contributed by atoms with Crippen LogP contribution in [0.3, 0.4) is 0 Å². The third kappa shape index (κ3) is 4.10. The molecule has 0 aromatic heterocycles. The summed E-state index contributed by atoms with van der Waals surface area (Å²) in [6.07, 6.45) is 3.01. The van der Waals surface area contributed by atoms with Crippen LogP contribution < -0.4 is 0 Å². The molecule has 1 rings (SSSR count). The summed E-state index contributed by atoms with van der Waals surface area (Å²) in [4.78, 5) is 26.9. The summed E-state index contributed by atoms with van der Waals surface area (Å²) >= 11 is 0. The minimum atomic E-state index is -0.834. The fourth-order valence-electron chi connectivity index (χ4n) is 2.81. The first-order valence-corrected chi connectivity index (χ1v) is 7.44. The Balaban J connectivity index is 2.75. The molecule has 6 heteroatoms. The summed E-state index contributed by atoms with van der Waals surface area (Å²) in [5.74, 6) is -1.30. The standard InChI is InChI=1S/C14H26N2O4/c1-3-12(4-2)16(8-9-17)14(20)15-7-5-6-11(10-15)13(18)19/h11-12,17H,3-10H2,1-2H3,(H,18,19)/t11-/m0/s1. The fraction of sp³-hybridized carbons (Fsp3) is 0.857. The first-order valence-electron chi connectivity index (χ1n) is 7.44. The lowest BCUT2D eigenvalue weighted by molar-refractivity contribution is -0.143. The van der Waals surface area contributed by atoms with E-state index in [0.717, 1.165) is 19.3 Å². The molecule has 0 radical (unpaired) electrons. The normalized spacial score (nSPS) is 19.2. The van der Waals surface area contributed by atoms with Gasteiger partial charge in [-0.3, -0.25) is 4.79 Å². The summed E-state index contributed by atoms with van der Waals surface area (Å²) < 4.78 is 0. The highest BCUT2D eigenvalue weighted by Crippen LogP contribution is 2.20. The molecule has 1 saturated heterocycles. The molecule has 2 N–H and O–H groups in total. The number of hydrogen-bond acceptors (Lipinski definition) is 3. The zero-order chi connectivity index (χ0) is 15.1. The lowest BCUT2D eigenvalue weighted by Gasteiger charge is -2.38. The molecular weight excluding hydrogens is 260 g/mol. The molecule has 1 fully saturated rings.